The highest BCUT2D eigenvalue weighted by molar-refractivity contribution is 7.80. The fourth-order valence-corrected chi connectivity index (χ4v) is 2.25. The van der Waals surface area contributed by atoms with Crippen LogP contribution < -0.4 is 10.6 Å². The minimum Gasteiger partial charge on any atom is -0.507 e. The molecule has 0 unspecified atom stereocenters. The van der Waals surface area contributed by atoms with Gasteiger partial charge in [0.05, 0.1) is 0 Å². The van der Waals surface area contributed by atoms with Gasteiger partial charge in [0.15, 0.2) is 5.11 Å². The van der Waals surface area contributed by atoms with Crippen LogP contribution in [0.25, 0.3) is 10.8 Å². The normalized spacial score (nSPS) is 14.4. The molecule has 3 N–H and O–H groups in total. The van der Waals surface area contributed by atoms with Crippen LogP contribution in [0.5, 0.6) is 5.75 Å². The van der Waals surface area contributed by atoms with Crippen molar-refractivity contribution in [1.82, 2.24) is 5.32 Å². The zero-order valence-electron chi connectivity index (χ0n) is 9.81. The van der Waals surface area contributed by atoms with E-state index in [0.717, 1.165) is 16.5 Å². The molecule has 0 saturated heterocycles. The van der Waals surface area contributed by atoms with Crippen molar-refractivity contribution in [3.63, 3.8) is 0 Å². The Balaban J connectivity index is 1.91. The van der Waals surface area contributed by atoms with Crippen molar-refractivity contribution >= 4 is 33.8 Å². The summed E-state index contributed by atoms with van der Waals surface area (Å²) in [4.78, 5) is 0. The molecule has 2 aromatic rings. The van der Waals surface area contributed by atoms with Crippen LogP contribution in [-0.2, 0) is 0 Å². The van der Waals surface area contributed by atoms with Gasteiger partial charge < -0.3 is 15.7 Å². The number of hydrogen-bond acceptors (Lipinski definition) is 2. The molecule has 1 aliphatic carbocycles. The predicted octanol–water partition coefficient (Wildman–Crippen LogP) is 2.99. The number of phenolic OH excluding ortho intramolecular Hbond substituents is 1. The van der Waals surface area contributed by atoms with E-state index in [1.165, 1.54) is 12.8 Å². The van der Waals surface area contributed by atoms with Gasteiger partial charge in [0.2, 0.25) is 0 Å². The summed E-state index contributed by atoms with van der Waals surface area (Å²) in [5.74, 6) is 0.289. The molecule has 0 aromatic heterocycles. The summed E-state index contributed by atoms with van der Waals surface area (Å²) in [7, 11) is 0. The third-order valence-electron chi connectivity index (χ3n) is 3.06. The molecule has 1 saturated carbocycles. The maximum Gasteiger partial charge on any atom is 0.171 e. The molecule has 0 aliphatic heterocycles. The van der Waals surface area contributed by atoms with Crippen molar-refractivity contribution in [2.24, 2.45) is 0 Å². The van der Waals surface area contributed by atoms with Crippen LogP contribution in [0.4, 0.5) is 5.69 Å². The van der Waals surface area contributed by atoms with Gasteiger partial charge in [-0.2, -0.15) is 0 Å². The van der Waals surface area contributed by atoms with Crippen molar-refractivity contribution in [3.05, 3.63) is 36.4 Å². The molecule has 18 heavy (non-hydrogen) atoms. The molecule has 4 heteroatoms. The molecule has 0 spiro atoms. The van der Waals surface area contributed by atoms with Gasteiger partial charge in [0, 0.05) is 22.5 Å². The lowest BCUT2D eigenvalue weighted by Gasteiger charge is -2.12. The number of hydrogen-bond donors (Lipinski definition) is 3. The lowest BCUT2D eigenvalue weighted by Crippen LogP contribution is -2.30. The lowest BCUT2D eigenvalue weighted by molar-refractivity contribution is 0.481. The van der Waals surface area contributed by atoms with E-state index < -0.39 is 0 Å². The third-order valence-corrected chi connectivity index (χ3v) is 3.28. The summed E-state index contributed by atoms with van der Waals surface area (Å²) in [6.45, 7) is 0. The summed E-state index contributed by atoms with van der Waals surface area (Å²) in [5.41, 5.74) is 0.918. The molecular formula is C14H14N2OS. The van der Waals surface area contributed by atoms with Gasteiger partial charge in [0.1, 0.15) is 5.75 Å². The van der Waals surface area contributed by atoms with Crippen molar-refractivity contribution in [1.29, 1.82) is 0 Å². The lowest BCUT2D eigenvalue weighted by atomic mass is 10.1. The van der Waals surface area contributed by atoms with E-state index in [0.29, 0.717) is 11.2 Å². The molecule has 0 radical (unpaired) electrons. The monoisotopic (exact) mass is 258 g/mol. The highest BCUT2D eigenvalue weighted by Gasteiger charge is 2.21. The number of benzene rings is 2. The Bertz CT molecular complexity index is 608. The molecule has 2 aromatic carbocycles. The smallest absolute Gasteiger partial charge is 0.171 e. The highest BCUT2D eigenvalue weighted by atomic mass is 32.1. The van der Waals surface area contributed by atoms with Crippen LogP contribution in [0.3, 0.4) is 0 Å². The second-order valence-electron chi connectivity index (χ2n) is 4.55. The van der Waals surface area contributed by atoms with Crippen LogP contribution >= 0.6 is 12.2 Å². The van der Waals surface area contributed by atoms with E-state index in [1.54, 1.807) is 6.07 Å². The molecular weight excluding hydrogens is 244 g/mol. The second-order valence-corrected chi connectivity index (χ2v) is 4.96. The first-order chi connectivity index (χ1) is 8.74. The first-order valence-electron chi connectivity index (χ1n) is 6.02. The summed E-state index contributed by atoms with van der Waals surface area (Å²) in [6, 6.07) is 11.8. The van der Waals surface area contributed by atoms with Crippen molar-refractivity contribution in [3.8, 4) is 5.75 Å². The van der Waals surface area contributed by atoms with Crippen LogP contribution in [-0.4, -0.2) is 16.3 Å². The van der Waals surface area contributed by atoms with Gasteiger partial charge >= 0.3 is 0 Å². The van der Waals surface area contributed by atoms with E-state index in [1.807, 2.05) is 30.3 Å². The quantitative estimate of drug-likeness (QED) is 0.725. The van der Waals surface area contributed by atoms with Crippen LogP contribution in [0.1, 0.15) is 12.8 Å². The van der Waals surface area contributed by atoms with Crippen LogP contribution in [0.2, 0.25) is 0 Å². The second kappa shape index (κ2) is 4.46. The van der Waals surface area contributed by atoms with Crippen molar-refractivity contribution in [2.45, 2.75) is 18.9 Å². The zero-order valence-corrected chi connectivity index (χ0v) is 10.6. The van der Waals surface area contributed by atoms with Gasteiger partial charge in [-0.1, -0.05) is 24.3 Å². The first-order valence-corrected chi connectivity index (χ1v) is 6.43. The summed E-state index contributed by atoms with van der Waals surface area (Å²) in [6.07, 6.45) is 2.39. The topological polar surface area (TPSA) is 44.3 Å². The number of rotatable bonds is 2. The Morgan fingerprint density at radius 2 is 1.83 bits per heavy atom. The Labute approximate surface area is 111 Å². The zero-order chi connectivity index (χ0) is 12.5. The largest absolute Gasteiger partial charge is 0.507 e. The Morgan fingerprint density at radius 3 is 2.61 bits per heavy atom. The number of nitrogens with one attached hydrogen (secondary N) is 2. The highest BCUT2D eigenvalue weighted by Crippen LogP contribution is 2.29. The number of fused-ring (bicyclic) bond motifs is 1. The molecule has 92 valence electrons. The maximum atomic E-state index is 9.81. The standard InChI is InChI=1S/C14H14N2OS/c17-13-6-2-3-10-11(13)4-1-5-12(10)16-14(18)15-9-7-8-9/h1-6,9,17H,7-8H2,(H2,15,16,18). The van der Waals surface area contributed by atoms with Crippen molar-refractivity contribution in [2.75, 3.05) is 5.32 Å². The van der Waals surface area contributed by atoms with Crippen LogP contribution in [0, 0.1) is 0 Å². The summed E-state index contributed by atoms with van der Waals surface area (Å²) in [5, 5.41) is 18.7. The van der Waals surface area contributed by atoms with Gasteiger partial charge in [0.25, 0.3) is 0 Å². The summed E-state index contributed by atoms with van der Waals surface area (Å²) < 4.78 is 0. The molecule has 3 nitrogen and oxygen atoms in total. The van der Waals surface area contributed by atoms with Gasteiger partial charge in [-0.25, -0.2) is 0 Å². The average Bonchev–Trinajstić information content (AvgIpc) is 3.14. The Hall–Kier alpha value is -1.81. The Kier molecular flexibility index (Phi) is 2.80. The molecule has 3 rings (SSSR count). The minimum atomic E-state index is 0.289. The van der Waals surface area contributed by atoms with E-state index >= 15 is 0 Å². The van der Waals surface area contributed by atoms with Gasteiger partial charge in [-0.05, 0) is 37.2 Å². The first kappa shape index (κ1) is 11.3. The van der Waals surface area contributed by atoms with Crippen molar-refractivity contribution < 1.29 is 5.11 Å². The molecule has 0 heterocycles. The fourth-order valence-electron chi connectivity index (χ4n) is 1.97. The number of anilines is 1. The van der Waals surface area contributed by atoms with E-state index in [-0.39, 0.29) is 5.75 Å². The van der Waals surface area contributed by atoms with E-state index in [2.05, 4.69) is 10.6 Å². The summed E-state index contributed by atoms with van der Waals surface area (Å²) >= 11 is 5.26. The number of thiocarbonyl (C=S) groups is 1. The molecule has 1 fully saturated rings. The third kappa shape index (κ3) is 2.24. The number of phenols is 1. The van der Waals surface area contributed by atoms with Crippen LogP contribution in [0.15, 0.2) is 36.4 Å². The predicted molar refractivity (Wildman–Crippen MR) is 78.0 cm³/mol. The van der Waals surface area contributed by atoms with E-state index in [4.69, 9.17) is 12.2 Å². The average molecular weight is 258 g/mol. The molecule has 0 atom stereocenters. The number of aromatic hydroxyl groups is 1. The van der Waals surface area contributed by atoms with Gasteiger partial charge in [-0.15, -0.1) is 0 Å². The van der Waals surface area contributed by atoms with E-state index in [9.17, 15) is 5.11 Å². The maximum absolute atomic E-state index is 9.81. The molecule has 0 amide bonds. The Morgan fingerprint density at radius 1 is 1.11 bits per heavy atom. The SMILES string of the molecule is Oc1cccc2c(NC(=S)NC3CC3)cccc12. The fraction of sp³-hybridized carbons (Fsp3) is 0.214. The van der Waals surface area contributed by atoms with Gasteiger partial charge in [-0.3, -0.25) is 0 Å². The minimum absolute atomic E-state index is 0.289. The molecule has 0 bridgehead atoms. The molecule has 1 aliphatic rings.